The number of H-pyrrole nitrogens is 1. The molecule has 4 nitrogen and oxygen atoms in total. The van der Waals surface area contributed by atoms with Gasteiger partial charge in [-0.2, -0.15) is 11.8 Å². The van der Waals surface area contributed by atoms with E-state index in [0.717, 1.165) is 29.2 Å². The standard InChI is InChI=1S/C18H21NO3S2/c1-3-23-8-6-22-18(21)17-11(2)16-13(19-17)9-12(10-14(16)20)15-5-4-7-24-15/h4-5,7,12,19H,3,6,8-10H2,1-2H3/t12-/m1/s1. The largest absolute Gasteiger partial charge is 0.460 e. The first-order valence-electron chi connectivity index (χ1n) is 8.14. The van der Waals surface area contributed by atoms with Crippen LogP contribution in [0, 0.1) is 6.92 Å². The third kappa shape index (κ3) is 3.44. The fraction of sp³-hybridized carbons (Fsp3) is 0.444. The van der Waals surface area contributed by atoms with Crippen molar-refractivity contribution in [3.05, 3.63) is 44.9 Å². The molecule has 0 unspecified atom stereocenters. The molecule has 1 aliphatic carbocycles. The quantitative estimate of drug-likeness (QED) is 0.617. The first-order valence-corrected chi connectivity index (χ1v) is 10.2. The van der Waals surface area contributed by atoms with Crippen LogP contribution in [-0.2, 0) is 11.2 Å². The van der Waals surface area contributed by atoms with Crippen LogP contribution in [0.2, 0.25) is 0 Å². The second-order valence-corrected chi connectivity index (χ2v) is 8.23. The Morgan fingerprint density at radius 3 is 3.00 bits per heavy atom. The van der Waals surface area contributed by atoms with Crippen LogP contribution in [0.25, 0.3) is 0 Å². The van der Waals surface area contributed by atoms with Gasteiger partial charge in [0.25, 0.3) is 0 Å². The van der Waals surface area contributed by atoms with E-state index in [9.17, 15) is 9.59 Å². The van der Waals surface area contributed by atoms with Crippen molar-refractivity contribution in [3.8, 4) is 0 Å². The number of rotatable bonds is 6. The fourth-order valence-electron chi connectivity index (χ4n) is 3.17. The molecule has 128 valence electrons. The highest BCUT2D eigenvalue weighted by Gasteiger charge is 2.32. The second-order valence-electron chi connectivity index (χ2n) is 5.86. The Balaban J connectivity index is 1.77. The van der Waals surface area contributed by atoms with Crippen LogP contribution in [0.1, 0.15) is 56.2 Å². The minimum atomic E-state index is -0.362. The fourth-order valence-corrected chi connectivity index (χ4v) is 4.49. The van der Waals surface area contributed by atoms with E-state index in [1.807, 2.05) is 18.4 Å². The lowest BCUT2D eigenvalue weighted by Gasteiger charge is -2.20. The number of ketones is 1. The number of thioether (sulfide) groups is 1. The van der Waals surface area contributed by atoms with Crippen molar-refractivity contribution in [1.82, 2.24) is 4.98 Å². The van der Waals surface area contributed by atoms with Gasteiger partial charge in [-0.05, 0) is 36.1 Å². The molecule has 2 aromatic heterocycles. The third-order valence-corrected chi connectivity index (χ3v) is 6.20. The van der Waals surface area contributed by atoms with Crippen molar-refractivity contribution in [1.29, 1.82) is 0 Å². The van der Waals surface area contributed by atoms with Crippen molar-refractivity contribution in [2.24, 2.45) is 0 Å². The molecule has 0 saturated carbocycles. The number of esters is 1. The molecule has 1 aliphatic rings. The van der Waals surface area contributed by atoms with Gasteiger partial charge >= 0.3 is 5.97 Å². The summed E-state index contributed by atoms with van der Waals surface area (Å²) in [6, 6.07) is 4.08. The zero-order valence-corrected chi connectivity index (χ0v) is 15.5. The first-order chi connectivity index (χ1) is 11.6. The highest BCUT2D eigenvalue weighted by Crippen LogP contribution is 2.36. The summed E-state index contributed by atoms with van der Waals surface area (Å²) >= 11 is 3.41. The van der Waals surface area contributed by atoms with Gasteiger partial charge in [0.2, 0.25) is 0 Å². The van der Waals surface area contributed by atoms with E-state index in [1.165, 1.54) is 4.88 Å². The number of fused-ring (bicyclic) bond motifs is 1. The lowest BCUT2D eigenvalue weighted by Crippen LogP contribution is -2.17. The lowest BCUT2D eigenvalue weighted by atomic mass is 9.84. The van der Waals surface area contributed by atoms with E-state index in [4.69, 9.17) is 4.74 Å². The SMILES string of the molecule is CCSCCOC(=O)c1[nH]c2c(c1C)C(=O)C[C@H](c1cccs1)C2. The molecular formula is C18H21NO3S2. The zero-order valence-electron chi connectivity index (χ0n) is 13.9. The van der Waals surface area contributed by atoms with E-state index in [-0.39, 0.29) is 17.7 Å². The average Bonchev–Trinajstić information content (AvgIpc) is 3.20. The number of thiophene rings is 1. The summed E-state index contributed by atoms with van der Waals surface area (Å²) < 4.78 is 5.32. The van der Waals surface area contributed by atoms with E-state index >= 15 is 0 Å². The van der Waals surface area contributed by atoms with Gasteiger partial charge in [0.15, 0.2) is 5.78 Å². The summed E-state index contributed by atoms with van der Waals surface area (Å²) in [6.45, 7) is 4.30. The summed E-state index contributed by atoms with van der Waals surface area (Å²) in [5.41, 5.74) is 2.73. The monoisotopic (exact) mass is 363 g/mol. The highest BCUT2D eigenvalue weighted by atomic mass is 32.2. The Morgan fingerprint density at radius 2 is 2.29 bits per heavy atom. The number of carbonyl (C=O) groups is 2. The van der Waals surface area contributed by atoms with Gasteiger partial charge in [0.05, 0.1) is 0 Å². The van der Waals surface area contributed by atoms with Crippen LogP contribution in [0.3, 0.4) is 0 Å². The molecule has 0 aromatic carbocycles. The molecule has 0 radical (unpaired) electrons. The number of hydrogen-bond acceptors (Lipinski definition) is 5. The number of carbonyl (C=O) groups excluding carboxylic acids is 2. The van der Waals surface area contributed by atoms with Gasteiger partial charge in [-0.1, -0.05) is 13.0 Å². The zero-order chi connectivity index (χ0) is 17.1. The summed E-state index contributed by atoms with van der Waals surface area (Å²) in [5, 5.41) is 2.03. The van der Waals surface area contributed by atoms with E-state index < -0.39 is 0 Å². The van der Waals surface area contributed by atoms with Crippen molar-refractivity contribution >= 4 is 34.9 Å². The van der Waals surface area contributed by atoms with Crippen molar-refractivity contribution in [2.45, 2.75) is 32.6 Å². The molecule has 6 heteroatoms. The Kier molecular flexibility index (Phi) is 5.46. The predicted octanol–water partition coefficient (Wildman–Crippen LogP) is 4.21. The molecule has 0 fully saturated rings. The Morgan fingerprint density at radius 1 is 1.46 bits per heavy atom. The van der Waals surface area contributed by atoms with Gasteiger partial charge in [-0.25, -0.2) is 4.79 Å². The third-order valence-electron chi connectivity index (χ3n) is 4.30. The number of nitrogens with one attached hydrogen (secondary N) is 1. The first kappa shape index (κ1) is 17.3. The number of aromatic nitrogens is 1. The molecule has 3 rings (SSSR count). The summed E-state index contributed by atoms with van der Waals surface area (Å²) in [6.07, 6.45) is 1.27. The van der Waals surface area contributed by atoms with E-state index in [2.05, 4.69) is 18.0 Å². The number of aromatic amines is 1. The molecule has 0 bridgehead atoms. The van der Waals surface area contributed by atoms with Crippen molar-refractivity contribution in [3.63, 3.8) is 0 Å². The molecule has 24 heavy (non-hydrogen) atoms. The maximum atomic E-state index is 12.6. The molecule has 1 N–H and O–H groups in total. The van der Waals surface area contributed by atoms with Gasteiger partial charge in [0.1, 0.15) is 12.3 Å². The van der Waals surface area contributed by atoms with Crippen LogP contribution in [-0.4, -0.2) is 34.8 Å². The maximum absolute atomic E-state index is 12.6. The minimum absolute atomic E-state index is 0.115. The molecule has 0 aliphatic heterocycles. The Hall–Kier alpha value is -1.53. The molecular weight excluding hydrogens is 342 g/mol. The van der Waals surface area contributed by atoms with Crippen LogP contribution in [0.15, 0.2) is 17.5 Å². The molecule has 0 amide bonds. The number of Topliss-reactive ketones (excluding diaryl/α,β-unsaturated/α-hetero) is 1. The molecule has 0 spiro atoms. The maximum Gasteiger partial charge on any atom is 0.355 e. The van der Waals surface area contributed by atoms with Crippen molar-refractivity contribution < 1.29 is 14.3 Å². The number of hydrogen-bond donors (Lipinski definition) is 1. The Bertz CT molecular complexity index is 734. The average molecular weight is 364 g/mol. The minimum Gasteiger partial charge on any atom is -0.460 e. The predicted molar refractivity (Wildman–Crippen MR) is 98.5 cm³/mol. The van der Waals surface area contributed by atoms with Crippen LogP contribution in [0.4, 0.5) is 0 Å². The second kappa shape index (κ2) is 7.57. The molecule has 0 saturated heterocycles. The normalized spacial score (nSPS) is 16.9. The molecule has 1 atom stereocenters. The Labute approximate surface area is 150 Å². The topological polar surface area (TPSA) is 59.2 Å². The van der Waals surface area contributed by atoms with Crippen molar-refractivity contribution in [2.75, 3.05) is 18.1 Å². The van der Waals surface area contributed by atoms with Crippen LogP contribution in [0.5, 0.6) is 0 Å². The lowest BCUT2D eigenvalue weighted by molar-refractivity contribution is 0.0523. The van der Waals surface area contributed by atoms with Gasteiger partial charge in [0, 0.05) is 34.2 Å². The smallest absolute Gasteiger partial charge is 0.355 e. The van der Waals surface area contributed by atoms with E-state index in [1.54, 1.807) is 23.1 Å². The highest BCUT2D eigenvalue weighted by molar-refractivity contribution is 7.99. The number of ether oxygens (including phenoxy) is 1. The van der Waals surface area contributed by atoms with Crippen LogP contribution >= 0.6 is 23.1 Å². The van der Waals surface area contributed by atoms with Gasteiger partial charge < -0.3 is 9.72 Å². The molecule has 2 aromatic rings. The van der Waals surface area contributed by atoms with Gasteiger partial charge in [-0.3, -0.25) is 4.79 Å². The summed E-state index contributed by atoms with van der Waals surface area (Å²) in [7, 11) is 0. The van der Waals surface area contributed by atoms with E-state index in [0.29, 0.717) is 24.3 Å². The summed E-state index contributed by atoms with van der Waals surface area (Å²) in [5.74, 6) is 1.75. The van der Waals surface area contributed by atoms with Crippen LogP contribution < -0.4 is 0 Å². The summed E-state index contributed by atoms with van der Waals surface area (Å²) in [4.78, 5) is 29.3. The molecule has 2 heterocycles. The van der Waals surface area contributed by atoms with Gasteiger partial charge in [-0.15, -0.1) is 11.3 Å².